The Balaban J connectivity index is 1.71. The highest BCUT2D eigenvalue weighted by Crippen LogP contribution is 2.35. The second-order valence-electron chi connectivity index (χ2n) is 7.35. The third kappa shape index (κ3) is 4.48. The smallest absolute Gasteiger partial charge is 0.404 e. The molecule has 1 heterocycles. The standard InChI is InChI=1S/C19H25ClN2O4/c20-15-5-1-12(2-6-15)17-11-22(10-14(17)9-21-19(25)26)18(24)13-3-7-16(23)8-4-13/h1-2,5-6,13-14,16-17,21,23H,3-4,7-11H2,(H,25,26)/t13?,14-,16?,17-/m0/s1. The molecule has 6 nitrogen and oxygen atoms in total. The fourth-order valence-electron chi connectivity index (χ4n) is 4.15. The summed E-state index contributed by atoms with van der Waals surface area (Å²) in [6, 6.07) is 7.55. The van der Waals surface area contributed by atoms with Crippen molar-refractivity contribution in [2.75, 3.05) is 19.6 Å². The van der Waals surface area contributed by atoms with Gasteiger partial charge in [-0.1, -0.05) is 23.7 Å². The van der Waals surface area contributed by atoms with E-state index in [0.29, 0.717) is 37.5 Å². The average Bonchev–Trinajstić information content (AvgIpc) is 3.05. The Labute approximate surface area is 158 Å². The SMILES string of the molecule is O=C(O)NC[C@H]1CN(C(=O)C2CCC(O)CC2)C[C@H]1c1ccc(Cl)cc1. The van der Waals surface area contributed by atoms with Gasteiger partial charge in [0, 0.05) is 42.4 Å². The number of halogens is 1. The molecule has 0 radical (unpaired) electrons. The fourth-order valence-corrected chi connectivity index (χ4v) is 4.27. The fraction of sp³-hybridized carbons (Fsp3) is 0.579. The number of carboxylic acid groups (broad SMARTS) is 1. The molecule has 2 fully saturated rings. The lowest BCUT2D eigenvalue weighted by atomic mass is 9.86. The molecule has 1 saturated heterocycles. The van der Waals surface area contributed by atoms with Crippen molar-refractivity contribution in [3.63, 3.8) is 0 Å². The summed E-state index contributed by atoms with van der Waals surface area (Å²) in [7, 11) is 0. The van der Waals surface area contributed by atoms with Gasteiger partial charge in [0.25, 0.3) is 0 Å². The molecule has 0 spiro atoms. The van der Waals surface area contributed by atoms with E-state index in [-0.39, 0.29) is 29.8 Å². The zero-order valence-corrected chi connectivity index (χ0v) is 15.4. The van der Waals surface area contributed by atoms with E-state index in [2.05, 4.69) is 5.32 Å². The molecule has 0 bridgehead atoms. The second-order valence-corrected chi connectivity index (χ2v) is 7.79. The van der Waals surface area contributed by atoms with Gasteiger partial charge in [0.15, 0.2) is 0 Å². The Morgan fingerprint density at radius 1 is 1.12 bits per heavy atom. The van der Waals surface area contributed by atoms with Crippen LogP contribution in [0.2, 0.25) is 5.02 Å². The second kappa shape index (κ2) is 8.27. The van der Waals surface area contributed by atoms with Crippen LogP contribution in [-0.2, 0) is 4.79 Å². The van der Waals surface area contributed by atoms with Crippen molar-refractivity contribution in [1.82, 2.24) is 10.2 Å². The Morgan fingerprint density at radius 3 is 2.38 bits per heavy atom. The number of likely N-dealkylation sites (tertiary alicyclic amines) is 1. The maximum Gasteiger partial charge on any atom is 0.404 e. The van der Waals surface area contributed by atoms with E-state index in [1.807, 2.05) is 29.2 Å². The van der Waals surface area contributed by atoms with Crippen molar-refractivity contribution < 1.29 is 19.8 Å². The highest BCUT2D eigenvalue weighted by molar-refractivity contribution is 6.30. The van der Waals surface area contributed by atoms with Crippen LogP contribution in [-0.4, -0.2) is 52.9 Å². The minimum Gasteiger partial charge on any atom is -0.465 e. The van der Waals surface area contributed by atoms with Gasteiger partial charge in [-0.25, -0.2) is 4.79 Å². The number of nitrogens with one attached hydrogen (secondary N) is 1. The molecule has 2 atom stereocenters. The largest absolute Gasteiger partial charge is 0.465 e. The number of nitrogens with zero attached hydrogens (tertiary/aromatic N) is 1. The Hall–Kier alpha value is -1.79. The Morgan fingerprint density at radius 2 is 1.77 bits per heavy atom. The van der Waals surface area contributed by atoms with Crippen molar-refractivity contribution in [2.24, 2.45) is 11.8 Å². The number of carbonyl (C=O) groups excluding carboxylic acids is 1. The highest BCUT2D eigenvalue weighted by atomic mass is 35.5. The molecule has 7 heteroatoms. The average molecular weight is 381 g/mol. The van der Waals surface area contributed by atoms with E-state index >= 15 is 0 Å². The lowest BCUT2D eigenvalue weighted by molar-refractivity contribution is -0.136. The van der Waals surface area contributed by atoms with Gasteiger partial charge >= 0.3 is 6.09 Å². The summed E-state index contributed by atoms with van der Waals surface area (Å²) in [5, 5.41) is 21.7. The molecule has 3 N–H and O–H groups in total. The predicted octanol–water partition coefficient (Wildman–Crippen LogP) is 2.70. The summed E-state index contributed by atoms with van der Waals surface area (Å²) in [5.41, 5.74) is 1.07. The van der Waals surface area contributed by atoms with E-state index in [1.165, 1.54) is 0 Å². The summed E-state index contributed by atoms with van der Waals surface area (Å²) < 4.78 is 0. The summed E-state index contributed by atoms with van der Waals surface area (Å²) in [6.07, 6.45) is 1.46. The normalized spacial score (nSPS) is 28.8. The van der Waals surface area contributed by atoms with Crippen molar-refractivity contribution in [1.29, 1.82) is 0 Å². The van der Waals surface area contributed by atoms with E-state index in [4.69, 9.17) is 16.7 Å². The maximum absolute atomic E-state index is 12.9. The molecule has 2 aliphatic rings. The number of aliphatic hydroxyl groups is 1. The minimum atomic E-state index is -1.05. The van der Waals surface area contributed by atoms with Crippen LogP contribution in [0.4, 0.5) is 4.79 Å². The number of amides is 2. The summed E-state index contributed by atoms with van der Waals surface area (Å²) in [5.74, 6) is 0.215. The van der Waals surface area contributed by atoms with E-state index in [0.717, 1.165) is 18.4 Å². The van der Waals surface area contributed by atoms with Crippen LogP contribution < -0.4 is 5.32 Å². The topological polar surface area (TPSA) is 89.9 Å². The van der Waals surface area contributed by atoms with Crippen LogP contribution >= 0.6 is 11.6 Å². The van der Waals surface area contributed by atoms with Gasteiger partial charge in [-0.15, -0.1) is 0 Å². The molecule has 1 aliphatic heterocycles. The molecule has 1 aliphatic carbocycles. The first-order chi connectivity index (χ1) is 12.4. The van der Waals surface area contributed by atoms with Crippen LogP contribution in [0.1, 0.15) is 37.2 Å². The van der Waals surface area contributed by atoms with E-state index in [1.54, 1.807) is 0 Å². The molecular weight excluding hydrogens is 356 g/mol. The molecule has 1 saturated carbocycles. The molecule has 1 aromatic rings. The van der Waals surface area contributed by atoms with Gasteiger partial charge < -0.3 is 20.4 Å². The monoisotopic (exact) mass is 380 g/mol. The van der Waals surface area contributed by atoms with Crippen LogP contribution in [0.25, 0.3) is 0 Å². The number of rotatable bonds is 4. The summed E-state index contributed by atoms with van der Waals surface area (Å²) >= 11 is 5.97. The molecule has 0 unspecified atom stereocenters. The van der Waals surface area contributed by atoms with Gasteiger partial charge in [-0.3, -0.25) is 4.79 Å². The summed E-state index contributed by atoms with van der Waals surface area (Å²) in [4.78, 5) is 25.7. The van der Waals surface area contributed by atoms with Crippen molar-refractivity contribution in [2.45, 2.75) is 37.7 Å². The molecule has 0 aromatic heterocycles. The predicted molar refractivity (Wildman–Crippen MR) is 98.3 cm³/mol. The van der Waals surface area contributed by atoms with Gasteiger partial charge in [0.1, 0.15) is 0 Å². The molecule has 26 heavy (non-hydrogen) atoms. The van der Waals surface area contributed by atoms with Gasteiger partial charge in [-0.05, 0) is 43.4 Å². The maximum atomic E-state index is 12.9. The lowest BCUT2D eigenvalue weighted by Crippen LogP contribution is -2.37. The third-order valence-corrected chi connectivity index (χ3v) is 5.86. The van der Waals surface area contributed by atoms with Crippen molar-refractivity contribution in [3.8, 4) is 0 Å². The summed E-state index contributed by atoms with van der Waals surface area (Å²) in [6.45, 7) is 1.45. The number of benzene rings is 1. The molecular formula is C19H25ClN2O4. The lowest BCUT2D eigenvalue weighted by Gasteiger charge is -2.28. The van der Waals surface area contributed by atoms with Crippen molar-refractivity contribution >= 4 is 23.6 Å². The first-order valence-electron chi connectivity index (χ1n) is 9.13. The zero-order valence-electron chi connectivity index (χ0n) is 14.6. The first-order valence-corrected chi connectivity index (χ1v) is 9.51. The Kier molecular flexibility index (Phi) is 6.04. The van der Waals surface area contributed by atoms with Crippen LogP contribution in [0.3, 0.4) is 0 Å². The van der Waals surface area contributed by atoms with Crippen LogP contribution in [0.5, 0.6) is 0 Å². The first kappa shape index (κ1) is 19.0. The number of aliphatic hydroxyl groups excluding tert-OH is 1. The third-order valence-electron chi connectivity index (χ3n) is 5.61. The molecule has 3 rings (SSSR count). The number of hydrogen-bond donors (Lipinski definition) is 3. The minimum absolute atomic E-state index is 0.0320. The number of hydrogen-bond acceptors (Lipinski definition) is 3. The van der Waals surface area contributed by atoms with Gasteiger partial charge in [0.05, 0.1) is 6.10 Å². The van der Waals surface area contributed by atoms with E-state index in [9.17, 15) is 14.7 Å². The number of carbonyl (C=O) groups is 2. The van der Waals surface area contributed by atoms with Gasteiger partial charge in [0.2, 0.25) is 5.91 Å². The van der Waals surface area contributed by atoms with Crippen LogP contribution in [0.15, 0.2) is 24.3 Å². The molecule has 2 amide bonds. The molecule has 142 valence electrons. The highest BCUT2D eigenvalue weighted by Gasteiger charge is 2.39. The van der Waals surface area contributed by atoms with Gasteiger partial charge in [-0.2, -0.15) is 0 Å². The van der Waals surface area contributed by atoms with Crippen LogP contribution in [0, 0.1) is 11.8 Å². The quantitative estimate of drug-likeness (QED) is 0.749. The molecule has 1 aromatic carbocycles. The Bertz CT molecular complexity index is 643. The van der Waals surface area contributed by atoms with E-state index < -0.39 is 6.09 Å². The zero-order chi connectivity index (χ0) is 18.7. The van der Waals surface area contributed by atoms with Crippen molar-refractivity contribution in [3.05, 3.63) is 34.9 Å².